The van der Waals surface area contributed by atoms with Gasteiger partial charge in [-0.3, -0.25) is 0 Å². The fourth-order valence-electron chi connectivity index (χ4n) is 0. The van der Waals surface area contributed by atoms with Crippen LogP contribution in [0.15, 0.2) is 0 Å². The topological polar surface area (TPSA) is 130 Å². The summed E-state index contributed by atoms with van der Waals surface area (Å²) >= 11 is 0. The van der Waals surface area contributed by atoms with Gasteiger partial charge >= 0.3 is 17.1 Å². The third kappa shape index (κ3) is 188. The molecule has 0 unspecified atom stereocenters. The van der Waals surface area contributed by atoms with E-state index in [0.717, 1.165) is 0 Å². The molecule has 0 aliphatic heterocycles. The Bertz CT molecular complexity index is 6.85. The van der Waals surface area contributed by atoms with Crippen LogP contribution in [0.5, 0.6) is 0 Å². The maximum Gasteiger partial charge on any atom is 3.00 e. The molecule has 0 aromatic rings. The standard InChI is InChI=1S/Fe.H3N.3H2O/h;1H3;3*1H2/q+3;;;;. The normalized spacial score (nSPS) is 0. The number of hydrogen-bond acceptors (Lipinski definition) is 1. The second-order valence-electron chi connectivity index (χ2n) is 0. The van der Waals surface area contributed by atoms with E-state index in [1.54, 1.807) is 0 Å². The minimum absolute atomic E-state index is 0. The molecule has 0 saturated heterocycles. The van der Waals surface area contributed by atoms with Gasteiger partial charge in [-0.25, -0.2) is 0 Å². The SMILES string of the molecule is N.O.O.O.[Fe+3]. The maximum atomic E-state index is 0. The third-order valence-corrected chi connectivity index (χ3v) is 0. The Hall–Kier alpha value is 0.359. The summed E-state index contributed by atoms with van der Waals surface area (Å²) < 4.78 is 0. The third-order valence-electron chi connectivity index (χ3n) is 0. The first-order valence-electron chi connectivity index (χ1n) is 0. The van der Waals surface area contributed by atoms with Crippen molar-refractivity contribution in [1.82, 2.24) is 6.15 Å². The molecule has 0 fully saturated rings. The summed E-state index contributed by atoms with van der Waals surface area (Å²) in [5.74, 6) is 0. The van der Waals surface area contributed by atoms with Crippen LogP contribution in [0.3, 0.4) is 0 Å². The van der Waals surface area contributed by atoms with Gasteiger partial charge in [0.25, 0.3) is 0 Å². The van der Waals surface area contributed by atoms with E-state index in [9.17, 15) is 0 Å². The smallest absolute Gasteiger partial charge is 0.412 e. The summed E-state index contributed by atoms with van der Waals surface area (Å²) in [4.78, 5) is 0. The van der Waals surface area contributed by atoms with Crippen molar-refractivity contribution in [2.75, 3.05) is 0 Å². The summed E-state index contributed by atoms with van der Waals surface area (Å²) in [5.41, 5.74) is 0. The van der Waals surface area contributed by atoms with E-state index < -0.39 is 0 Å². The van der Waals surface area contributed by atoms with Gasteiger partial charge in [0.05, 0.1) is 0 Å². The molecule has 0 aliphatic carbocycles. The van der Waals surface area contributed by atoms with Crippen LogP contribution in [0.25, 0.3) is 0 Å². The quantitative estimate of drug-likeness (QED) is 0.360. The van der Waals surface area contributed by atoms with Crippen molar-refractivity contribution >= 4 is 0 Å². The Morgan fingerprint density at radius 2 is 0.600 bits per heavy atom. The predicted molar refractivity (Wildman–Crippen MR) is 15.9 cm³/mol. The van der Waals surface area contributed by atoms with Gasteiger partial charge < -0.3 is 22.6 Å². The molecule has 0 aromatic heterocycles. The van der Waals surface area contributed by atoms with Crippen molar-refractivity contribution in [3.05, 3.63) is 0 Å². The minimum atomic E-state index is 0. The maximum absolute atomic E-state index is 0. The van der Waals surface area contributed by atoms with Gasteiger partial charge in [-0.2, -0.15) is 0 Å². The summed E-state index contributed by atoms with van der Waals surface area (Å²) in [5, 5.41) is 0. The van der Waals surface area contributed by atoms with Gasteiger partial charge in [-0.1, -0.05) is 0 Å². The van der Waals surface area contributed by atoms with Crippen LogP contribution in [-0.4, -0.2) is 16.4 Å². The van der Waals surface area contributed by atoms with Crippen molar-refractivity contribution in [2.24, 2.45) is 0 Å². The Kier molecular flexibility index (Phi) is 60000. The molecule has 0 saturated carbocycles. The van der Waals surface area contributed by atoms with Crippen LogP contribution in [0.2, 0.25) is 0 Å². The molecule has 37 valence electrons. The van der Waals surface area contributed by atoms with Crippen LogP contribution in [0.1, 0.15) is 0 Å². The van der Waals surface area contributed by atoms with Crippen molar-refractivity contribution in [2.45, 2.75) is 0 Å². The van der Waals surface area contributed by atoms with E-state index in [2.05, 4.69) is 0 Å². The molecule has 4 nitrogen and oxygen atoms in total. The molecule has 0 atom stereocenters. The first-order valence-corrected chi connectivity index (χ1v) is 0. The monoisotopic (exact) mass is 127 g/mol. The van der Waals surface area contributed by atoms with Gasteiger partial charge in [0.15, 0.2) is 0 Å². The second kappa shape index (κ2) is 381. The first kappa shape index (κ1) is 788. The van der Waals surface area contributed by atoms with Crippen LogP contribution >= 0.6 is 0 Å². The fraction of sp³-hybridized carbons (Fsp3) is 0. The fourth-order valence-corrected chi connectivity index (χ4v) is 0. The van der Waals surface area contributed by atoms with Gasteiger partial charge in [-0.05, 0) is 0 Å². The van der Waals surface area contributed by atoms with Crippen LogP contribution in [-0.2, 0) is 17.1 Å². The average molecular weight is 127 g/mol. The molecule has 5 heavy (non-hydrogen) atoms. The number of hydrogen-bond donors (Lipinski definition) is 1. The molecule has 1 radical (unpaired) electrons. The Labute approximate surface area is 40.5 Å². The van der Waals surface area contributed by atoms with Gasteiger partial charge in [0.2, 0.25) is 0 Å². The van der Waals surface area contributed by atoms with E-state index in [1.807, 2.05) is 0 Å². The molecular formula is H9FeNO3+3. The molecule has 0 heterocycles. The van der Waals surface area contributed by atoms with Gasteiger partial charge in [-0.15, -0.1) is 0 Å². The van der Waals surface area contributed by atoms with E-state index in [4.69, 9.17) is 0 Å². The largest absolute Gasteiger partial charge is 3.00 e. The Morgan fingerprint density at radius 3 is 0.600 bits per heavy atom. The van der Waals surface area contributed by atoms with Crippen molar-refractivity contribution in [3.63, 3.8) is 0 Å². The zero-order valence-corrected chi connectivity index (χ0v) is 3.66. The van der Waals surface area contributed by atoms with E-state index in [1.165, 1.54) is 0 Å². The average Bonchev–Trinajstić information content (AvgIpc) is 0. The molecule has 0 bridgehead atoms. The van der Waals surface area contributed by atoms with E-state index in [0.29, 0.717) is 0 Å². The van der Waals surface area contributed by atoms with Crippen LogP contribution in [0.4, 0.5) is 0 Å². The summed E-state index contributed by atoms with van der Waals surface area (Å²) in [6.07, 6.45) is 0. The second-order valence-corrected chi connectivity index (χ2v) is 0. The molecular weight excluding hydrogens is 118 g/mol. The van der Waals surface area contributed by atoms with Crippen molar-refractivity contribution in [3.8, 4) is 0 Å². The molecule has 9 N–H and O–H groups in total. The predicted octanol–water partition coefficient (Wildman–Crippen LogP) is -2.31. The van der Waals surface area contributed by atoms with Crippen molar-refractivity contribution in [1.29, 1.82) is 0 Å². The van der Waals surface area contributed by atoms with Gasteiger partial charge in [0.1, 0.15) is 0 Å². The Balaban J connectivity index is 0. The molecule has 0 aromatic carbocycles. The molecule has 0 amide bonds. The molecule has 0 aliphatic rings. The summed E-state index contributed by atoms with van der Waals surface area (Å²) in [6.45, 7) is 0. The van der Waals surface area contributed by atoms with Crippen LogP contribution < -0.4 is 6.15 Å². The molecule has 0 spiro atoms. The van der Waals surface area contributed by atoms with E-state index in [-0.39, 0.29) is 39.6 Å². The molecule has 5 heteroatoms. The zero-order valence-electron chi connectivity index (χ0n) is 2.56. The first-order chi connectivity index (χ1) is 0. The Morgan fingerprint density at radius 1 is 0.600 bits per heavy atom. The van der Waals surface area contributed by atoms with Gasteiger partial charge in [0, 0.05) is 0 Å². The summed E-state index contributed by atoms with van der Waals surface area (Å²) in [7, 11) is 0. The molecule has 0 rings (SSSR count). The van der Waals surface area contributed by atoms with Crippen molar-refractivity contribution < 1.29 is 33.5 Å². The van der Waals surface area contributed by atoms with Crippen LogP contribution in [0, 0.1) is 0 Å². The van der Waals surface area contributed by atoms with E-state index >= 15 is 0 Å². The number of rotatable bonds is 0. The minimum Gasteiger partial charge on any atom is -0.412 e. The zero-order chi connectivity index (χ0) is 0. The summed E-state index contributed by atoms with van der Waals surface area (Å²) in [6, 6.07) is 0.